The van der Waals surface area contributed by atoms with Crippen molar-refractivity contribution in [2.24, 2.45) is 5.92 Å². The van der Waals surface area contributed by atoms with Crippen LogP contribution in [0, 0.1) is 5.92 Å². The quantitative estimate of drug-likeness (QED) is 0.506. The molecule has 1 radical (unpaired) electrons. The highest BCUT2D eigenvalue weighted by Crippen LogP contribution is 1.99. The molecule has 0 rings (SSSR count). The van der Waals surface area contributed by atoms with E-state index < -0.39 is 0 Å². The highest BCUT2D eigenvalue weighted by Gasteiger charge is 1.87. The molecule has 0 aliphatic rings. The van der Waals surface area contributed by atoms with Gasteiger partial charge in [0.05, 0.1) is 0 Å². The van der Waals surface area contributed by atoms with E-state index in [0.717, 1.165) is 6.42 Å². The summed E-state index contributed by atoms with van der Waals surface area (Å²) in [4.78, 5) is 9.61. The van der Waals surface area contributed by atoms with Crippen LogP contribution in [0.1, 0.15) is 20.3 Å². The zero-order valence-electron chi connectivity index (χ0n) is 5.35. The van der Waals surface area contributed by atoms with E-state index in [2.05, 4.69) is 13.8 Å². The lowest BCUT2D eigenvalue weighted by molar-refractivity contribution is 0.563. The van der Waals surface area contributed by atoms with E-state index in [4.69, 9.17) is 0 Å². The largest absolute Gasteiger partial charge is 0.286 e. The van der Waals surface area contributed by atoms with Gasteiger partial charge in [0, 0.05) is 0 Å². The van der Waals surface area contributed by atoms with Gasteiger partial charge in [-0.1, -0.05) is 26.3 Å². The van der Waals surface area contributed by atoms with Crippen LogP contribution in [0.15, 0.2) is 12.2 Å². The predicted octanol–water partition coefficient (Wildman–Crippen LogP) is 1.70. The summed E-state index contributed by atoms with van der Waals surface area (Å²) >= 11 is 0. The molecule has 0 aromatic rings. The number of hydrogen-bond donors (Lipinski definition) is 0. The standard InChI is InChI=1S/C7H11O/c1-3-7(2)5-4-6-8/h4-5,7H,3H2,1-2H3/b5-4+. The van der Waals surface area contributed by atoms with Crippen molar-refractivity contribution in [2.75, 3.05) is 0 Å². The second kappa shape index (κ2) is 4.57. The summed E-state index contributed by atoms with van der Waals surface area (Å²) in [5.41, 5.74) is 0. The highest BCUT2D eigenvalue weighted by molar-refractivity contribution is 5.65. The van der Waals surface area contributed by atoms with Crippen LogP contribution in [-0.4, -0.2) is 6.29 Å². The van der Waals surface area contributed by atoms with Gasteiger partial charge < -0.3 is 0 Å². The van der Waals surface area contributed by atoms with Crippen LogP contribution in [-0.2, 0) is 4.79 Å². The molecule has 0 aliphatic carbocycles. The van der Waals surface area contributed by atoms with Crippen molar-refractivity contribution >= 4 is 6.29 Å². The highest BCUT2D eigenvalue weighted by atomic mass is 16.1. The fourth-order valence-electron chi connectivity index (χ4n) is 0.340. The predicted molar refractivity (Wildman–Crippen MR) is 34.3 cm³/mol. The van der Waals surface area contributed by atoms with E-state index in [1.54, 1.807) is 6.29 Å². The topological polar surface area (TPSA) is 17.1 Å². The van der Waals surface area contributed by atoms with Crippen molar-refractivity contribution in [3.8, 4) is 0 Å². The molecule has 45 valence electrons. The number of rotatable bonds is 3. The molecule has 0 saturated carbocycles. The third-order valence-electron chi connectivity index (χ3n) is 1.14. The SMILES string of the molecule is CCC(C)/C=C/[C]=O. The fraction of sp³-hybridized carbons (Fsp3) is 0.571. The van der Waals surface area contributed by atoms with Gasteiger partial charge in [0.1, 0.15) is 0 Å². The van der Waals surface area contributed by atoms with Crippen LogP contribution >= 0.6 is 0 Å². The average molecular weight is 111 g/mol. The van der Waals surface area contributed by atoms with Crippen LogP contribution in [0.3, 0.4) is 0 Å². The second-order valence-corrected chi connectivity index (χ2v) is 1.86. The number of carbonyl (C=O) groups excluding carboxylic acids is 1. The molecule has 0 aliphatic heterocycles. The van der Waals surface area contributed by atoms with Crippen LogP contribution in [0.2, 0.25) is 0 Å². The lowest BCUT2D eigenvalue weighted by Gasteiger charge is -1.95. The first kappa shape index (κ1) is 7.41. The molecule has 0 saturated heterocycles. The Kier molecular flexibility index (Phi) is 4.23. The summed E-state index contributed by atoms with van der Waals surface area (Å²) in [6.45, 7) is 4.15. The van der Waals surface area contributed by atoms with E-state index in [-0.39, 0.29) is 0 Å². The Balaban J connectivity index is 3.35. The van der Waals surface area contributed by atoms with Gasteiger partial charge in [-0.3, -0.25) is 4.79 Å². The van der Waals surface area contributed by atoms with Gasteiger partial charge in [-0.15, -0.1) is 0 Å². The average Bonchev–Trinajstić information content (AvgIpc) is 1.83. The maximum atomic E-state index is 9.61. The minimum absolute atomic E-state index is 0.511. The Bertz CT molecular complexity index is 84.4. The van der Waals surface area contributed by atoms with Crippen molar-refractivity contribution in [1.82, 2.24) is 0 Å². The lowest BCUT2D eigenvalue weighted by atomic mass is 10.1. The smallest absolute Gasteiger partial charge is 0.225 e. The molecule has 1 unspecified atom stereocenters. The first-order valence-electron chi connectivity index (χ1n) is 2.85. The fourth-order valence-corrected chi connectivity index (χ4v) is 0.340. The minimum Gasteiger partial charge on any atom is -0.286 e. The molecule has 0 bridgehead atoms. The molecule has 0 N–H and O–H groups in total. The normalized spacial score (nSPS) is 14.2. The van der Waals surface area contributed by atoms with E-state index in [9.17, 15) is 4.79 Å². The third-order valence-corrected chi connectivity index (χ3v) is 1.14. The Morgan fingerprint density at radius 2 is 2.38 bits per heavy atom. The molecular weight excluding hydrogens is 100 g/mol. The summed E-state index contributed by atoms with van der Waals surface area (Å²) in [6, 6.07) is 0. The van der Waals surface area contributed by atoms with Crippen LogP contribution in [0.5, 0.6) is 0 Å². The molecule has 0 aromatic heterocycles. The van der Waals surface area contributed by atoms with Gasteiger partial charge in [0.25, 0.3) is 0 Å². The van der Waals surface area contributed by atoms with Crippen LogP contribution in [0.4, 0.5) is 0 Å². The molecule has 0 aromatic carbocycles. The van der Waals surface area contributed by atoms with Crippen molar-refractivity contribution in [3.63, 3.8) is 0 Å². The van der Waals surface area contributed by atoms with Gasteiger partial charge in [-0.25, -0.2) is 0 Å². The number of allylic oxidation sites excluding steroid dienone is 2. The van der Waals surface area contributed by atoms with Gasteiger partial charge in [0.15, 0.2) is 0 Å². The summed E-state index contributed by atoms with van der Waals surface area (Å²) < 4.78 is 0. The Morgan fingerprint density at radius 3 is 2.75 bits per heavy atom. The molecule has 0 spiro atoms. The van der Waals surface area contributed by atoms with Gasteiger partial charge in [0.2, 0.25) is 6.29 Å². The van der Waals surface area contributed by atoms with Gasteiger partial charge >= 0.3 is 0 Å². The Morgan fingerprint density at radius 1 is 1.75 bits per heavy atom. The molecular formula is C7H11O. The summed E-state index contributed by atoms with van der Waals surface area (Å²) in [6.07, 6.45) is 6.06. The van der Waals surface area contributed by atoms with E-state index in [1.807, 2.05) is 6.08 Å². The molecule has 0 amide bonds. The molecule has 8 heavy (non-hydrogen) atoms. The third kappa shape index (κ3) is 3.59. The molecule has 1 heteroatoms. The van der Waals surface area contributed by atoms with Crippen molar-refractivity contribution < 1.29 is 4.79 Å². The second-order valence-electron chi connectivity index (χ2n) is 1.86. The molecule has 1 atom stereocenters. The first-order valence-corrected chi connectivity index (χ1v) is 2.85. The van der Waals surface area contributed by atoms with Crippen molar-refractivity contribution in [3.05, 3.63) is 12.2 Å². The van der Waals surface area contributed by atoms with E-state index >= 15 is 0 Å². The van der Waals surface area contributed by atoms with Crippen LogP contribution in [0.25, 0.3) is 0 Å². The zero-order chi connectivity index (χ0) is 6.41. The lowest BCUT2D eigenvalue weighted by Crippen LogP contribution is -1.83. The van der Waals surface area contributed by atoms with Gasteiger partial charge in [-0.05, 0) is 12.0 Å². The number of hydrogen-bond acceptors (Lipinski definition) is 1. The maximum absolute atomic E-state index is 9.61. The summed E-state index contributed by atoms with van der Waals surface area (Å²) in [5, 5.41) is 0. The van der Waals surface area contributed by atoms with E-state index in [0.29, 0.717) is 5.92 Å². The van der Waals surface area contributed by atoms with Gasteiger partial charge in [-0.2, -0.15) is 0 Å². The van der Waals surface area contributed by atoms with E-state index in [1.165, 1.54) is 6.08 Å². The Labute approximate surface area is 50.4 Å². The summed E-state index contributed by atoms with van der Waals surface area (Å²) in [7, 11) is 0. The van der Waals surface area contributed by atoms with Crippen molar-refractivity contribution in [2.45, 2.75) is 20.3 Å². The molecule has 0 fully saturated rings. The zero-order valence-corrected chi connectivity index (χ0v) is 5.35. The van der Waals surface area contributed by atoms with Crippen molar-refractivity contribution in [1.29, 1.82) is 0 Å². The first-order chi connectivity index (χ1) is 3.81. The maximum Gasteiger partial charge on any atom is 0.225 e. The Hall–Kier alpha value is -0.590. The monoisotopic (exact) mass is 111 g/mol. The van der Waals surface area contributed by atoms with Crippen LogP contribution < -0.4 is 0 Å². The molecule has 0 heterocycles. The minimum atomic E-state index is 0.511. The molecule has 1 nitrogen and oxygen atoms in total. The summed E-state index contributed by atoms with van der Waals surface area (Å²) in [5.74, 6) is 0.511.